The number of carboxylic acid groups (broad SMARTS) is 1. The third kappa shape index (κ3) is 2.64. The molecule has 1 aliphatic rings. The van der Waals surface area contributed by atoms with Crippen molar-refractivity contribution in [2.24, 2.45) is 0 Å². The van der Waals surface area contributed by atoms with Gasteiger partial charge in [-0.05, 0) is 39.7 Å². The maximum Gasteiger partial charge on any atom is 0.329 e. The van der Waals surface area contributed by atoms with Gasteiger partial charge in [-0.1, -0.05) is 12.8 Å². The summed E-state index contributed by atoms with van der Waals surface area (Å²) in [4.78, 5) is 29.0. The standard InChI is InChI=1S/C17H22N4O3/c1-10(2)21-14-13(9-18-21)12(8-11(3)19-14)15(22)20-17(16(23)24)6-4-5-7-17/h8-10H,4-7H2,1-3H3,(H,20,22)(H,23,24). The first-order valence-corrected chi connectivity index (χ1v) is 8.25. The molecule has 1 amide bonds. The molecular formula is C17H22N4O3. The first-order chi connectivity index (χ1) is 11.3. The summed E-state index contributed by atoms with van der Waals surface area (Å²) in [5, 5.41) is 17.3. The van der Waals surface area contributed by atoms with E-state index in [9.17, 15) is 14.7 Å². The lowest BCUT2D eigenvalue weighted by molar-refractivity contribution is -0.144. The third-order valence-corrected chi connectivity index (χ3v) is 4.65. The summed E-state index contributed by atoms with van der Waals surface area (Å²) < 4.78 is 1.77. The Labute approximate surface area is 140 Å². The zero-order valence-corrected chi connectivity index (χ0v) is 14.2. The summed E-state index contributed by atoms with van der Waals surface area (Å²) in [6.07, 6.45) is 4.17. The van der Waals surface area contributed by atoms with Crippen LogP contribution in [0.1, 0.15) is 61.6 Å². The molecule has 2 N–H and O–H groups in total. The van der Waals surface area contributed by atoms with Crippen molar-refractivity contribution in [2.45, 2.75) is 58.0 Å². The highest BCUT2D eigenvalue weighted by atomic mass is 16.4. The zero-order valence-electron chi connectivity index (χ0n) is 14.2. The van der Waals surface area contributed by atoms with Gasteiger partial charge in [-0.3, -0.25) is 4.79 Å². The van der Waals surface area contributed by atoms with Crippen molar-refractivity contribution >= 4 is 22.9 Å². The summed E-state index contributed by atoms with van der Waals surface area (Å²) in [7, 11) is 0. The van der Waals surface area contributed by atoms with Crippen molar-refractivity contribution in [3.05, 3.63) is 23.5 Å². The van der Waals surface area contributed by atoms with Gasteiger partial charge >= 0.3 is 5.97 Å². The number of carboxylic acids is 1. The Kier molecular flexibility index (Phi) is 4.03. The molecule has 0 saturated heterocycles. The molecule has 0 atom stereocenters. The number of carbonyl (C=O) groups is 2. The fourth-order valence-electron chi connectivity index (χ4n) is 3.36. The topological polar surface area (TPSA) is 97.1 Å². The number of pyridine rings is 1. The van der Waals surface area contributed by atoms with E-state index in [2.05, 4.69) is 15.4 Å². The lowest BCUT2D eigenvalue weighted by Crippen LogP contribution is -2.52. The molecule has 2 heterocycles. The van der Waals surface area contributed by atoms with Gasteiger partial charge in [0.25, 0.3) is 5.91 Å². The van der Waals surface area contributed by atoms with Crippen LogP contribution in [0.2, 0.25) is 0 Å². The van der Waals surface area contributed by atoms with E-state index < -0.39 is 11.5 Å². The lowest BCUT2D eigenvalue weighted by atomic mass is 9.97. The Hall–Kier alpha value is -2.44. The van der Waals surface area contributed by atoms with E-state index in [0.29, 0.717) is 35.1 Å². The van der Waals surface area contributed by atoms with Crippen molar-refractivity contribution < 1.29 is 14.7 Å². The molecule has 0 radical (unpaired) electrons. The Morgan fingerprint density at radius 1 is 1.33 bits per heavy atom. The van der Waals surface area contributed by atoms with Crippen LogP contribution in [0.3, 0.4) is 0 Å². The number of hydrogen-bond acceptors (Lipinski definition) is 4. The molecule has 1 aliphatic carbocycles. The normalized spacial score (nSPS) is 16.7. The van der Waals surface area contributed by atoms with Crippen LogP contribution in [0.15, 0.2) is 12.3 Å². The monoisotopic (exact) mass is 330 g/mol. The van der Waals surface area contributed by atoms with Gasteiger partial charge in [0.2, 0.25) is 0 Å². The van der Waals surface area contributed by atoms with Crippen molar-refractivity contribution in [3.63, 3.8) is 0 Å². The van der Waals surface area contributed by atoms with Crippen molar-refractivity contribution in [1.29, 1.82) is 0 Å². The number of aryl methyl sites for hydroxylation is 1. The number of fused-ring (bicyclic) bond motifs is 1. The molecule has 0 bridgehead atoms. The average Bonchev–Trinajstić information content (AvgIpc) is 3.13. The molecule has 2 aromatic heterocycles. The second kappa shape index (κ2) is 5.89. The molecule has 0 aromatic carbocycles. The zero-order chi connectivity index (χ0) is 17.5. The van der Waals surface area contributed by atoms with Gasteiger partial charge in [-0.15, -0.1) is 0 Å². The number of hydrogen-bond donors (Lipinski definition) is 2. The van der Waals surface area contributed by atoms with E-state index in [1.807, 2.05) is 20.8 Å². The van der Waals surface area contributed by atoms with E-state index >= 15 is 0 Å². The van der Waals surface area contributed by atoms with Gasteiger partial charge < -0.3 is 10.4 Å². The highest BCUT2D eigenvalue weighted by Crippen LogP contribution is 2.31. The molecule has 1 fully saturated rings. The van der Waals surface area contributed by atoms with Gasteiger partial charge in [0.1, 0.15) is 5.54 Å². The minimum absolute atomic E-state index is 0.118. The molecule has 3 rings (SSSR count). The predicted octanol–water partition coefficient (Wildman–Crippen LogP) is 2.45. The molecule has 24 heavy (non-hydrogen) atoms. The molecular weight excluding hydrogens is 308 g/mol. The van der Waals surface area contributed by atoms with Crippen LogP contribution in [0.25, 0.3) is 11.0 Å². The van der Waals surface area contributed by atoms with E-state index in [0.717, 1.165) is 12.8 Å². The molecule has 128 valence electrons. The SMILES string of the molecule is Cc1cc(C(=O)NC2(C(=O)O)CCCC2)c2cnn(C(C)C)c2n1. The van der Waals surface area contributed by atoms with Crippen LogP contribution in [0, 0.1) is 6.92 Å². The van der Waals surface area contributed by atoms with E-state index in [4.69, 9.17) is 0 Å². The Morgan fingerprint density at radius 2 is 2.00 bits per heavy atom. The Balaban J connectivity index is 2.02. The number of aliphatic carboxylic acids is 1. The maximum atomic E-state index is 12.8. The number of carbonyl (C=O) groups excluding carboxylic acids is 1. The molecule has 1 saturated carbocycles. The summed E-state index contributed by atoms with van der Waals surface area (Å²) in [6, 6.07) is 1.81. The number of nitrogens with one attached hydrogen (secondary N) is 1. The second-order valence-electron chi connectivity index (χ2n) is 6.78. The van der Waals surface area contributed by atoms with Crippen molar-refractivity contribution in [2.75, 3.05) is 0 Å². The maximum absolute atomic E-state index is 12.8. The minimum Gasteiger partial charge on any atom is -0.480 e. The highest BCUT2D eigenvalue weighted by molar-refractivity contribution is 6.07. The first-order valence-electron chi connectivity index (χ1n) is 8.25. The predicted molar refractivity (Wildman–Crippen MR) is 89.0 cm³/mol. The number of rotatable bonds is 4. The average molecular weight is 330 g/mol. The summed E-state index contributed by atoms with van der Waals surface area (Å²) in [5.41, 5.74) is 0.614. The van der Waals surface area contributed by atoms with E-state index in [1.54, 1.807) is 16.9 Å². The van der Waals surface area contributed by atoms with Gasteiger partial charge in [0, 0.05) is 11.7 Å². The number of nitrogens with zero attached hydrogens (tertiary/aromatic N) is 3. The Morgan fingerprint density at radius 3 is 2.58 bits per heavy atom. The van der Waals surface area contributed by atoms with Crippen LogP contribution < -0.4 is 5.32 Å². The largest absolute Gasteiger partial charge is 0.480 e. The second-order valence-corrected chi connectivity index (χ2v) is 6.78. The van der Waals surface area contributed by atoms with Crippen LogP contribution in [-0.2, 0) is 4.79 Å². The fourth-order valence-corrected chi connectivity index (χ4v) is 3.36. The van der Waals surface area contributed by atoms with E-state index in [-0.39, 0.29) is 11.9 Å². The summed E-state index contributed by atoms with van der Waals surface area (Å²) in [5.74, 6) is -1.34. The third-order valence-electron chi connectivity index (χ3n) is 4.65. The summed E-state index contributed by atoms with van der Waals surface area (Å²) >= 11 is 0. The highest BCUT2D eigenvalue weighted by Gasteiger charge is 2.43. The van der Waals surface area contributed by atoms with Gasteiger partial charge in [0.05, 0.1) is 17.1 Å². The smallest absolute Gasteiger partial charge is 0.329 e. The fraction of sp³-hybridized carbons (Fsp3) is 0.529. The molecule has 7 heteroatoms. The lowest BCUT2D eigenvalue weighted by Gasteiger charge is -2.25. The molecule has 0 aliphatic heterocycles. The minimum atomic E-state index is -1.16. The van der Waals surface area contributed by atoms with Crippen LogP contribution in [-0.4, -0.2) is 37.3 Å². The molecule has 0 unspecified atom stereocenters. The number of aromatic nitrogens is 3. The molecule has 2 aromatic rings. The van der Waals surface area contributed by atoms with Crippen LogP contribution in [0.5, 0.6) is 0 Å². The van der Waals surface area contributed by atoms with Crippen molar-refractivity contribution in [1.82, 2.24) is 20.1 Å². The Bertz CT molecular complexity index is 804. The van der Waals surface area contributed by atoms with Crippen LogP contribution >= 0.6 is 0 Å². The van der Waals surface area contributed by atoms with Gasteiger partial charge in [0.15, 0.2) is 5.65 Å². The first kappa shape index (κ1) is 16.4. The number of amides is 1. The molecule has 0 spiro atoms. The van der Waals surface area contributed by atoms with Gasteiger partial charge in [-0.2, -0.15) is 5.10 Å². The van der Waals surface area contributed by atoms with Crippen molar-refractivity contribution in [3.8, 4) is 0 Å². The van der Waals surface area contributed by atoms with E-state index in [1.165, 1.54) is 0 Å². The van der Waals surface area contributed by atoms with Gasteiger partial charge in [-0.25, -0.2) is 14.5 Å². The quantitative estimate of drug-likeness (QED) is 0.897. The molecule has 7 nitrogen and oxygen atoms in total. The summed E-state index contributed by atoms with van der Waals surface area (Å²) in [6.45, 7) is 5.80. The van der Waals surface area contributed by atoms with Crippen LogP contribution in [0.4, 0.5) is 0 Å².